The normalized spacial score (nSPS) is 11.7. The van der Waals surface area contributed by atoms with E-state index in [-0.39, 0.29) is 10.6 Å². The lowest BCUT2D eigenvalue weighted by Crippen LogP contribution is -2.31. The standard InChI is InChI=1S/C25H19BrN4O3S/c1-16-27-21-13-14-22(25(31)29-34(32,33)19-8-3-2-4-9-19)28-24(21)30(16)15-18-12-11-17-7-5-6-10-20(17)23(18)26/h2-14H,15H2,1H3,(H,29,31). The van der Waals surface area contributed by atoms with Crippen LogP contribution in [-0.4, -0.2) is 28.9 Å². The molecule has 0 aliphatic heterocycles. The maximum absolute atomic E-state index is 12.8. The topological polar surface area (TPSA) is 93.9 Å². The lowest BCUT2D eigenvalue weighted by atomic mass is 10.1. The molecular weight excluding hydrogens is 516 g/mol. The summed E-state index contributed by atoms with van der Waals surface area (Å²) in [5.41, 5.74) is 2.15. The van der Waals surface area contributed by atoms with Gasteiger partial charge in [0.15, 0.2) is 5.65 Å². The first-order chi connectivity index (χ1) is 16.3. The molecule has 2 heterocycles. The van der Waals surface area contributed by atoms with Crippen LogP contribution in [0.5, 0.6) is 0 Å². The van der Waals surface area contributed by atoms with Gasteiger partial charge in [-0.2, -0.15) is 0 Å². The monoisotopic (exact) mass is 534 g/mol. The highest BCUT2D eigenvalue weighted by Gasteiger charge is 2.21. The molecule has 0 saturated carbocycles. The van der Waals surface area contributed by atoms with Crippen molar-refractivity contribution in [1.82, 2.24) is 19.3 Å². The van der Waals surface area contributed by atoms with Crippen LogP contribution in [-0.2, 0) is 16.6 Å². The van der Waals surface area contributed by atoms with Crippen molar-refractivity contribution < 1.29 is 13.2 Å². The molecule has 7 nitrogen and oxygen atoms in total. The maximum atomic E-state index is 12.8. The number of benzene rings is 3. The molecule has 1 N–H and O–H groups in total. The molecule has 0 unspecified atom stereocenters. The summed E-state index contributed by atoms with van der Waals surface area (Å²) in [6, 6.07) is 23.1. The number of aryl methyl sites for hydroxylation is 1. The van der Waals surface area contributed by atoms with Crippen molar-refractivity contribution >= 4 is 53.8 Å². The summed E-state index contributed by atoms with van der Waals surface area (Å²) < 4.78 is 30.1. The average Bonchev–Trinajstić information content (AvgIpc) is 3.15. The van der Waals surface area contributed by atoms with Crippen molar-refractivity contribution in [3.63, 3.8) is 0 Å². The van der Waals surface area contributed by atoms with Gasteiger partial charge < -0.3 is 4.57 Å². The minimum atomic E-state index is -4.01. The van der Waals surface area contributed by atoms with Crippen molar-refractivity contribution in [3.8, 4) is 0 Å². The van der Waals surface area contributed by atoms with E-state index in [0.29, 0.717) is 17.7 Å². The summed E-state index contributed by atoms with van der Waals surface area (Å²) in [6.45, 7) is 2.35. The third kappa shape index (κ3) is 4.08. The van der Waals surface area contributed by atoms with Crippen molar-refractivity contribution in [2.24, 2.45) is 0 Å². The Balaban J connectivity index is 1.50. The number of aromatic nitrogens is 3. The van der Waals surface area contributed by atoms with Gasteiger partial charge in [0, 0.05) is 4.47 Å². The van der Waals surface area contributed by atoms with Crippen LogP contribution in [0.4, 0.5) is 0 Å². The molecule has 0 bridgehead atoms. The highest BCUT2D eigenvalue weighted by molar-refractivity contribution is 9.10. The van der Waals surface area contributed by atoms with E-state index in [9.17, 15) is 13.2 Å². The van der Waals surface area contributed by atoms with E-state index in [1.807, 2.05) is 29.7 Å². The average molecular weight is 535 g/mol. The number of halogens is 1. The SMILES string of the molecule is Cc1nc2ccc(C(=O)NS(=O)(=O)c3ccccc3)nc2n1Cc1ccc2ccccc2c1Br. The fraction of sp³-hybridized carbons (Fsp3) is 0.0800. The Morgan fingerprint density at radius 3 is 2.47 bits per heavy atom. The quantitative estimate of drug-likeness (QED) is 0.348. The van der Waals surface area contributed by atoms with Crippen LogP contribution in [0.3, 0.4) is 0 Å². The Hall–Kier alpha value is -3.56. The van der Waals surface area contributed by atoms with Crippen LogP contribution in [0.15, 0.2) is 88.2 Å². The molecule has 0 spiro atoms. The molecule has 0 aliphatic rings. The Bertz CT molecular complexity index is 1660. The lowest BCUT2D eigenvalue weighted by molar-refractivity contribution is 0.0977. The van der Waals surface area contributed by atoms with E-state index in [2.05, 4.69) is 48.8 Å². The molecule has 34 heavy (non-hydrogen) atoms. The number of carbonyl (C=O) groups is 1. The van der Waals surface area contributed by atoms with Gasteiger partial charge >= 0.3 is 0 Å². The second-order valence-corrected chi connectivity index (χ2v) is 10.3. The number of carbonyl (C=O) groups excluding carboxylic acids is 1. The molecule has 0 radical (unpaired) electrons. The molecule has 0 aliphatic carbocycles. The smallest absolute Gasteiger partial charge is 0.283 e. The highest BCUT2D eigenvalue weighted by atomic mass is 79.9. The van der Waals surface area contributed by atoms with Crippen molar-refractivity contribution in [2.45, 2.75) is 18.4 Å². The first-order valence-electron chi connectivity index (χ1n) is 10.5. The Kier molecular flexibility index (Phi) is 5.66. The Morgan fingerprint density at radius 1 is 0.941 bits per heavy atom. The van der Waals surface area contributed by atoms with Gasteiger partial charge in [0.1, 0.15) is 17.0 Å². The summed E-state index contributed by atoms with van der Waals surface area (Å²) in [5.74, 6) is -0.0694. The summed E-state index contributed by atoms with van der Waals surface area (Å²) >= 11 is 3.72. The number of sulfonamides is 1. The van der Waals surface area contributed by atoms with Gasteiger partial charge in [-0.15, -0.1) is 0 Å². The van der Waals surface area contributed by atoms with Crippen molar-refractivity contribution in [3.05, 3.63) is 100 Å². The highest BCUT2D eigenvalue weighted by Crippen LogP contribution is 2.29. The zero-order chi connectivity index (χ0) is 23.9. The summed E-state index contributed by atoms with van der Waals surface area (Å²) in [6.07, 6.45) is 0. The molecule has 0 atom stereocenters. The summed E-state index contributed by atoms with van der Waals surface area (Å²) in [7, 11) is -4.01. The molecule has 1 amide bonds. The van der Waals surface area contributed by atoms with Gasteiger partial charge in [0.25, 0.3) is 15.9 Å². The van der Waals surface area contributed by atoms with E-state index in [4.69, 9.17) is 0 Å². The minimum Gasteiger partial charge on any atom is -0.308 e. The Labute approximate surface area is 204 Å². The van der Waals surface area contributed by atoms with Crippen LogP contribution in [0, 0.1) is 6.92 Å². The molecular formula is C25H19BrN4O3S. The van der Waals surface area contributed by atoms with E-state index in [1.165, 1.54) is 18.2 Å². The number of nitrogens with one attached hydrogen (secondary N) is 1. The van der Waals surface area contributed by atoms with E-state index >= 15 is 0 Å². The first-order valence-corrected chi connectivity index (χ1v) is 12.7. The molecule has 5 aromatic rings. The van der Waals surface area contributed by atoms with Crippen LogP contribution in [0.1, 0.15) is 21.9 Å². The third-order valence-electron chi connectivity index (χ3n) is 5.57. The van der Waals surface area contributed by atoms with Crippen molar-refractivity contribution in [1.29, 1.82) is 0 Å². The largest absolute Gasteiger partial charge is 0.308 e. The van der Waals surface area contributed by atoms with E-state index < -0.39 is 15.9 Å². The predicted molar refractivity (Wildman–Crippen MR) is 134 cm³/mol. The summed E-state index contributed by atoms with van der Waals surface area (Å²) in [4.78, 5) is 21.8. The number of pyridine rings is 1. The van der Waals surface area contributed by atoms with Gasteiger partial charge in [0.05, 0.1) is 11.4 Å². The van der Waals surface area contributed by atoms with Gasteiger partial charge in [-0.25, -0.2) is 23.1 Å². The van der Waals surface area contributed by atoms with E-state index in [1.54, 1.807) is 24.3 Å². The number of fused-ring (bicyclic) bond motifs is 2. The molecule has 9 heteroatoms. The van der Waals surface area contributed by atoms with Gasteiger partial charge in [-0.1, -0.05) is 54.6 Å². The first kappa shape index (κ1) is 22.2. The van der Waals surface area contributed by atoms with Crippen LogP contribution in [0.2, 0.25) is 0 Å². The van der Waals surface area contributed by atoms with Gasteiger partial charge in [-0.3, -0.25) is 4.79 Å². The molecule has 0 fully saturated rings. The fourth-order valence-electron chi connectivity index (χ4n) is 3.83. The number of nitrogens with zero attached hydrogens (tertiary/aromatic N) is 3. The van der Waals surface area contributed by atoms with E-state index in [0.717, 1.165) is 26.6 Å². The van der Waals surface area contributed by atoms with Gasteiger partial charge in [-0.05, 0) is 63.5 Å². The lowest BCUT2D eigenvalue weighted by Gasteiger charge is -2.11. The zero-order valence-corrected chi connectivity index (χ0v) is 20.5. The van der Waals surface area contributed by atoms with Crippen LogP contribution in [0.25, 0.3) is 21.9 Å². The minimum absolute atomic E-state index is 0.00599. The number of amides is 1. The van der Waals surface area contributed by atoms with Crippen LogP contribution >= 0.6 is 15.9 Å². The molecule has 170 valence electrons. The zero-order valence-electron chi connectivity index (χ0n) is 18.1. The molecule has 2 aromatic heterocycles. The fourth-order valence-corrected chi connectivity index (χ4v) is 5.44. The van der Waals surface area contributed by atoms with Crippen LogP contribution < -0.4 is 4.72 Å². The number of imidazole rings is 1. The second kappa shape index (κ2) is 8.66. The predicted octanol–water partition coefficient (Wildman–Crippen LogP) is 4.82. The second-order valence-electron chi connectivity index (χ2n) is 7.79. The maximum Gasteiger partial charge on any atom is 0.283 e. The molecule has 3 aromatic carbocycles. The Morgan fingerprint density at radius 2 is 1.68 bits per heavy atom. The third-order valence-corrected chi connectivity index (χ3v) is 7.85. The van der Waals surface area contributed by atoms with Gasteiger partial charge in [0.2, 0.25) is 0 Å². The summed E-state index contributed by atoms with van der Waals surface area (Å²) in [5, 5.41) is 2.23. The molecule has 0 saturated heterocycles. The van der Waals surface area contributed by atoms with Crippen molar-refractivity contribution in [2.75, 3.05) is 0 Å². The number of hydrogen-bond acceptors (Lipinski definition) is 5. The number of hydrogen-bond donors (Lipinski definition) is 1. The molecule has 5 rings (SSSR count). The number of rotatable bonds is 5.